The molecule has 104 valence electrons. The molecule has 0 bridgehead atoms. The molecule has 2 aromatic carbocycles. The number of hydrogen-bond acceptors (Lipinski definition) is 0. The van der Waals surface area contributed by atoms with Gasteiger partial charge in [0.2, 0.25) is 0 Å². The minimum atomic E-state index is 0.551. The van der Waals surface area contributed by atoms with E-state index in [1.165, 1.54) is 28.7 Å². The van der Waals surface area contributed by atoms with Gasteiger partial charge < -0.3 is 0 Å². The van der Waals surface area contributed by atoms with Crippen LogP contribution in [0, 0.1) is 11.8 Å². The molecule has 0 radical (unpaired) electrons. The molecule has 0 amide bonds. The van der Waals surface area contributed by atoms with Crippen LogP contribution in [0.25, 0.3) is 11.1 Å². The summed E-state index contributed by atoms with van der Waals surface area (Å²) in [6.07, 6.45) is 10.2. The Kier molecular flexibility index (Phi) is 3.03. The maximum atomic E-state index is 2.38. The van der Waals surface area contributed by atoms with Crippen molar-refractivity contribution in [3.05, 3.63) is 84.0 Å². The quantitative estimate of drug-likeness (QED) is 0.685. The molecule has 4 rings (SSSR count). The van der Waals surface area contributed by atoms with Crippen molar-refractivity contribution in [1.29, 1.82) is 0 Å². The number of fused-ring (bicyclic) bond motifs is 3. The zero-order valence-electron chi connectivity index (χ0n) is 12.4. The van der Waals surface area contributed by atoms with Gasteiger partial charge in [-0.2, -0.15) is 0 Å². The highest BCUT2D eigenvalue weighted by molar-refractivity contribution is 5.78. The van der Waals surface area contributed by atoms with Crippen molar-refractivity contribution in [1.82, 2.24) is 0 Å². The predicted octanol–water partition coefficient (Wildman–Crippen LogP) is 5.57. The minimum Gasteiger partial charge on any atom is -0.0774 e. The summed E-state index contributed by atoms with van der Waals surface area (Å²) in [5.41, 5.74) is 5.89. The van der Waals surface area contributed by atoms with E-state index in [-0.39, 0.29) is 0 Å². The van der Waals surface area contributed by atoms with Gasteiger partial charge in [0.25, 0.3) is 0 Å². The summed E-state index contributed by atoms with van der Waals surface area (Å²) in [7, 11) is 0. The first-order valence-electron chi connectivity index (χ1n) is 7.88. The summed E-state index contributed by atoms with van der Waals surface area (Å²) in [5.74, 6) is 1.82. The smallest absolute Gasteiger partial charge is 0.0104 e. The molecule has 2 aromatic rings. The van der Waals surface area contributed by atoms with E-state index < -0.39 is 0 Å². The largest absolute Gasteiger partial charge is 0.0774 e. The van der Waals surface area contributed by atoms with Crippen molar-refractivity contribution in [3.8, 4) is 11.1 Å². The normalized spacial score (nSPS) is 18.0. The molecule has 0 saturated carbocycles. The van der Waals surface area contributed by atoms with E-state index in [9.17, 15) is 0 Å². The lowest BCUT2D eigenvalue weighted by molar-refractivity contribution is 0.442. The first-order valence-corrected chi connectivity index (χ1v) is 7.88. The monoisotopic (exact) mass is 272 g/mol. The molecule has 2 aliphatic rings. The predicted molar refractivity (Wildman–Crippen MR) is 89.3 cm³/mol. The van der Waals surface area contributed by atoms with Crippen molar-refractivity contribution in [3.63, 3.8) is 0 Å². The highest BCUT2D eigenvalue weighted by Crippen LogP contribution is 2.48. The highest BCUT2D eigenvalue weighted by Gasteiger charge is 2.30. The van der Waals surface area contributed by atoms with Crippen molar-refractivity contribution < 1.29 is 0 Å². The molecule has 1 atom stereocenters. The Bertz CT molecular complexity index is 663. The first-order chi connectivity index (χ1) is 10.3. The average Bonchev–Trinajstić information content (AvgIpc) is 3.15. The molecular weight excluding hydrogens is 252 g/mol. The topological polar surface area (TPSA) is 0 Å². The zero-order chi connectivity index (χ0) is 14.2. The Hall–Kier alpha value is -2.08. The van der Waals surface area contributed by atoms with Crippen LogP contribution >= 0.6 is 0 Å². The molecule has 0 N–H and O–H groups in total. The second-order valence-electron chi connectivity index (χ2n) is 6.29. The molecule has 0 spiro atoms. The van der Waals surface area contributed by atoms with Gasteiger partial charge in [0.15, 0.2) is 0 Å². The molecule has 0 nitrogen and oxygen atoms in total. The fourth-order valence-corrected chi connectivity index (χ4v) is 3.87. The van der Waals surface area contributed by atoms with E-state index in [0.717, 1.165) is 0 Å². The fraction of sp³-hybridized carbons (Fsp3) is 0.238. The van der Waals surface area contributed by atoms with Gasteiger partial charge >= 0.3 is 0 Å². The highest BCUT2D eigenvalue weighted by atomic mass is 14.3. The van der Waals surface area contributed by atoms with Crippen LogP contribution in [0.5, 0.6) is 0 Å². The lowest BCUT2D eigenvalue weighted by Crippen LogP contribution is -2.10. The van der Waals surface area contributed by atoms with E-state index in [1.807, 2.05) is 0 Å². The second kappa shape index (κ2) is 5.04. The van der Waals surface area contributed by atoms with Gasteiger partial charge in [-0.15, -0.1) is 0 Å². The van der Waals surface area contributed by atoms with Crippen molar-refractivity contribution in [2.45, 2.75) is 19.3 Å². The van der Waals surface area contributed by atoms with Crippen molar-refractivity contribution in [2.75, 3.05) is 0 Å². The van der Waals surface area contributed by atoms with Gasteiger partial charge in [0, 0.05) is 5.92 Å². The molecule has 2 aliphatic carbocycles. The van der Waals surface area contributed by atoms with Crippen molar-refractivity contribution in [2.24, 2.45) is 11.8 Å². The molecule has 21 heavy (non-hydrogen) atoms. The lowest BCUT2D eigenvalue weighted by Gasteiger charge is -2.22. The molecule has 0 saturated heterocycles. The number of benzene rings is 2. The van der Waals surface area contributed by atoms with Crippen LogP contribution in [0.15, 0.2) is 72.8 Å². The Labute approximate surface area is 126 Å². The van der Waals surface area contributed by atoms with Crippen LogP contribution in [0.2, 0.25) is 0 Å². The third-order valence-corrected chi connectivity index (χ3v) is 5.00. The SMILES string of the molecule is CC(CC1c2ccccc2-c2ccccc21)C1C=CC=C1. The molecule has 0 fully saturated rings. The molecule has 0 aromatic heterocycles. The Balaban J connectivity index is 1.71. The number of hydrogen-bond donors (Lipinski definition) is 0. The van der Waals surface area contributed by atoms with Gasteiger partial charge in [-0.05, 0) is 40.5 Å². The van der Waals surface area contributed by atoms with Crippen LogP contribution in [-0.2, 0) is 0 Å². The summed E-state index contributed by atoms with van der Waals surface area (Å²) in [6, 6.07) is 17.8. The van der Waals surface area contributed by atoms with E-state index in [4.69, 9.17) is 0 Å². The Morgan fingerprint density at radius 3 is 1.90 bits per heavy atom. The fourth-order valence-electron chi connectivity index (χ4n) is 3.87. The van der Waals surface area contributed by atoms with Gasteiger partial charge in [-0.25, -0.2) is 0 Å². The van der Waals surface area contributed by atoms with Crippen LogP contribution < -0.4 is 0 Å². The summed E-state index contributed by atoms with van der Waals surface area (Å²) in [6.45, 7) is 2.38. The minimum absolute atomic E-state index is 0.551. The van der Waals surface area contributed by atoms with Gasteiger partial charge in [-0.3, -0.25) is 0 Å². The van der Waals surface area contributed by atoms with E-state index in [2.05, 4.69) is 79.8 Å². The van der Waals surface area contributed by atoms with E-state index in [1.54, 1.807) is 0 Å². The third-order valence-electron chi connectivity index (χ3n) is 5.00. The molecular formula is C21H20. The average molecular weight is 272 g/mol. The standard InChI is InChI=1S/C21H20/c1-15(16-8-2-3-9-16)14-21-19-12-6-4-10-17(19)18-11-5-7-13-20(18)21/h2-13,15-16,21H,14H2,1H3. The first kappa shape index (κ1) is 12.6. The second-order valence-corrected chi connectivity index (χ2v) is 6.29. The van der Waals surface area contributed by atoms with Gasteiger partial charge in [-0.1, -0.05) is 79.8 Å². The zero-order valence-corrected chi connectivity index (χ0v) is 12.4. The van der Waals surface area contributed by atoms with Crippen LogP contribution in [0.4, 0.5) is 0 Å². The Morgan fingerprint density at radius 2 is 1.33 bits per heavy atom. The number of rotatable bonds is 3. The molecule has 0 heterocycles. The van der Waals surface area contributed by atoms with E-state index in [0.29, 0.717) is 17.8 Å². The number of allylic oxidation sites excluding steroid dienone is 4. The summed E-state index contributed by atoms with van der Waals surface area (Å²) >= 11 is 0. The Morgan fingerprint density at radius 1 is 0.810 bits per heavy atom. The molecule has 0 aliphatic heterocycles. The van der Waals surface area contributed by atoms with Crippen LogP contribution in [0.1, 0.15) is 30.4 Å². The summed E-state index contributed by atoms with van der Waals surface area (Å²) < 4.78 is 0. The maximum Gasteiger partial charge on any atom is 0.0104 e. The van der Waals surface area contributed by atoms with Gasteiger partial charge in [0.1, 0.15) is 0 Å². The molecule has 1 unspecified atom stereocenters. The van der Waals surface area contributed by atoms with Gasteiger partial charge in [0.05, 0.1) is 0 Å². The van der Waals surface area contributed by atoms with Crippen molar-refractivity contribution >= 4 is 0 Å². The third kappa shape index (κ3) is 2.06. The lowest BCUT2D eigenvalue weighted by atomic mass is 9.82. The summed E-state index contributed by atoms with van der Waals surface area (Å²) in [4.78, 5) is 0. The van der Waals surface area contributed by atoms with Crippen LogP contribution in [-0.4, -0.2) is 0 Å². The van der Waals surface area contributed by atoms with E-state index >= 15 is 0 Å². The maximum absolute atomic E-state index is 2.38. The van der Waals surface area contributed by atoms with Crippen LogP contribution in [0.3, 0.4) is 0 Å². The molecule has 0 heteroatoms. The summed E-state index contributed by atoms with van der Waals surface area (Å²) in [5, 5.41) is 0.